The highest BCUT2D eigenvalue weighted by Crippen LogP contribution is 2.28. The molecule has 2 heterocycles. The Balaban J connectivity index is 1.72. The summed E-state index contributed by atoms with van der Waals surface area (Å²) >= 11 is 0. The van der Waals surface area contributed by atoms with E-state index in [4.69, 9.17) is 13.9 Å². The average Bonchev–Trinajstić information content (AvgIpc) is 2.80. The molecule has 5 nitrogen and oxygen atoms in total. The summed E-state index contributed by atoms with van der Waals surface area (Å²) in [6, 6.07) is 6.86. The summed E-state index contributed by atoms with van der Waals surface area (Å²) in [5.74, 6) is 1.12. The summed E-state index contributed by atoms with van der Waals surface area (Å²) in [4.78, 5) is 23.3. The van der Waals surface area contributed by atoms with Crippen LogP contribution < -0.4 is 10.4 Å². The van der Waals surface area contributed by atoms with E-state index in [2.05, 4.69) is 0 Å². The number of allylic oxidation sites excluding steroid dienone is 1. The van der Waals surface area contributed by atoms with Gasteiger partial charge in [0, 0.05) is 23.6 Å². The molecule has 0 fully saturated rings. The van der Waals surface area contributed by atoms with Crippen molar-refractivity contribution < 1.29 is 18.7 Å². The maximum absolute atomic E-state index is 11.8. The Morgan fingerprint density at radius 2 is 2.00 bits per heavy atom. The Hall–Kier alpha value is -2.82. The van der Waals surface area contributed by atoms with Gasteiger partial charge in [0.25, 0.3) is 0 Å². The number of carbonyl (C=O) groups is 1. The molecule has 2 aromatic rings. The van der Waals surface area contributed by atoms with E-state index in [-0.39, 0.29) is 11.4 Å². The predicted octanol–water partition coefficient (Wildman–Crippen LogP) is 3.69. The van der Waals surface area contributed by atoms with Crippen LogP contribution in [0.3, 0.4) is 0 Å². The highest BCUT2D eigenvalue weighted by Gasteiger charge is 2.35. The molecule has 0 saturated carbocycles. The van der Waals surface area contributed by atoms with E-state index in [0.29, 0.717) is 23.7 Å². The fourth-order valence-corrected chi connectivity index (χ4v) is 2.60. The van der Waals surface area contributed by atoms with Crippen molar-refractivity contribution in [3.63, 3.8) is 0 Å². The van der Waals surface area contributed by atoms with Crippen LogP contribution in [0.15, 0.2) is 57.0 Å². The largest absolute Gasteiger partial charge is 0.489 e. The molecule has 1 aromatic heterocycles. The second-order valence-electron chi connectivity index (χ2n) is 6.59. The van der Waals surface area contributed by atoms with Gasteiger partial charge in [-0.05, 0) is 57.0 Å². The first-order chi connectivity index (χ1) is 11.8. The van der Waals surface area contributed by atoms with Gasteiger partial charge in [-0.25, -0.2) is 4.79 Å². The van der Waals surface area contributed by atoms with Crippen LogP contribution in [0.2, 0.25) is 0 Å². The normalized spacial score (nSPS) is 16.7. The number of carbonyl (C=O) groups excluding carboxylic acids is 1. The number of rotatable bonds is 4. The zero-order valence-corrected chi connectivity index (χ0v) is 14.7. The first kappa shape index (κ1) is 17.0. The molecule has 0 radical (unpaired) electrons. The van der Waals surface area contributed by atoms with E-state index >= 15 is 0 Å². The third kappa shape index (κ3) is 3.50. The summed E-state index contributed by atoms with van der Waals surface area (Å²) < 4.78 is 16.6. The van der Waals surface area contributed by atoms with Gasteiger partial charge in [-0.2, -0.15) is 0 Å². The van der Waals surface area contributed by atoms with Crippen molar-refractivity contribution in [2.45, 2.75) is 33.3 Å². The summed E-state index contributed by atoms with van der Waals surface area (Å²) in [7, 11) is 0. The lowest BCUT2D eigenvalue weighted by atomic mass is 10.1. The molecular formula is C20H20O5. The Kier molecular flexibility index (Phi) is 4.25. The van der Waals surface area contributed by atoms with Crippen molar-refractivity contribution >= 4 is 16.8 Å². The lowest BCUT2D eigenvalue weighted by Crippen LogP contribution is -2.27. The molecule has 0 N–H and O–H groups in total. The van der Waals surface area contributed by atoms with Gasteiger partial charge in [0.05, 0.1) is 0 Å². The monoisotopic (exact) mass is 340 g/mol. The number of aryl methyl sites for hydroxylation is 1. The third-order valence-corrected chi connectivity index (χ3v) is 4.17. The zero-order valence-electron chi connectivity index (χ0n) is 14.7. The van der Waals surface area contributed by atoms with Crippen molar-refractivity contribution in [2.75, 3.05) is 6.61 Å². The molecule has 1 aliphatic rings. The minimum Gasteiger partial charge on any atom is -0.489 e. The van der Waals surface area contributed by atoms with Gasteiger partial charge in [0.1, 0.15) is 23.7 Å². The van der Waals surface area contributed by atoms with E-state index in [1.807, 2.05) is 32.1 Å². The minimum atomic E-state index is -0.807. The molecule has 0 atom stereocenters. The maximum atomic E-state index is 11.8. The molecule has 3 rings (SSSR count). The summed E-state index contributed by atoms with van der Waals surface area (Å²) in [6.07, 6.45) is 3.36. The fourth-order valence-electron chi connectivity index (χ4n) is 2.60. The van der Waals surface area contributed by atoms with Crippen molar-refractivity contribution in [1.82, 2.24) is 0 Å². The van der Waals surface area contributed by atoms with E-state index in [1.54, 1.807) is 19.9 Å². The molecule has 5 heteroatoms. The van der Waals surface area contributed by atoms with Crippen LogP contribution in [0.25, 0.3) is 11.0 Å². The van der Waals surface area contributed by atoms with Gasteiger partial charge < -0.3 is 13.9 Å². The Morgan fingerprint density at radius 1 is 1.24 bits per heavy atom. The highest BCUT2D eigenvalue weighted by molar-refractivity contribution is 5.99. The lowest BCUT2D eigenvalue weighted by molar-refractivity contribution is -0.126. The zero-order chi connectivity index (χ0) is 18.2. The van der Waals surface area contributed by atoms with Crippen molar-refractivity contribution in [3.8, 4) is 5.75 Å². The van der Waals surface area contributed by atoms with Crippen LogP contribution in [-0.4, -0.2) is 18.0 Å². The summed E-state index contributed by atoms with van der Waals surface area (Å²) in [5.41, 5.74) is 1.01. The van der Waals surface area contributed by atoms with Crippen LogP contribution in [-0.2, 0) is 9.53 Å². The predicted molar refractivity (Wildman–Crippen MR) is 94.7 cm³/mol. The van der Waals surface area contributed by atoms with E-state index in [9.17, 15) is 9.59 Å². The molecule has 1 aromatic carbocycles. The van der Waals surface area contributed by atoms with Crippen LogP contribution >= 0.6 is 0 Å². The fraction of sp³-hybridized carbons (Fsp3) is 0.300. The van der Waals surface area contributed by atoms with Crippen molar-refractivity contribution in [2.24, 2.45) is 0 Å². The van der Waals surface area contributed by atoms with Crippen LogP contribution in [0, 0.1) is 6.92 Å². The molecule has 0 spiro atoms. The number of benzene rings is 1. The van der Waals surface area contributed by atoms with Gasteiger partial charge in [-0.15, -0.1) is 0 Å². The molecular weight excluding hydrogens is 320 g/mol. The number of hydrogen-bond donors (Lipinski definition) is 0. The van der Waals surface area contributed by atoms with Gasteiger partial charge in [0.15, 0.2) is 5.60 Å². The van der Waals surface area contributed by atoms with Gasteiger partial charge in [0.2, 0.25) is 5.78 Å². The molecule has 25 heavy (non-hydrogen) atoms. The standard InChI is InChI=1S/C20H20O5/c1-12(16-11-18(21)20(3,4)25-16)7-8-23-14-5-6-15-13(2)9-19(22)24-17(15)10-14/h5-7,9-11H,8H2,1-4H3/b12-7+. The van der Waals surface area contributed by atoms with Crippen molar-refractivity contribution in [3.05, 3.63) is 63.7 Å². The second-order valence-corrected chi connectivity index (χ2v) is 6.59. The van der Waals surface area contributed by atoms with Crippen LogP contribution in [0.5, 0.6) is 5.75 Å². The average molecular weight is 340 g/mol. The van der Waals surface area contributed by atoms with Gasteiger partial charge in [-0.1, -0.05) is 0 Å². The number of ether oxygens (including phenoxy) is 2. The maximum Gasteiger partial charge on any atom is 0.336 e. The summed E-state index contributed by atoms with van der Waals surface area (Å²) in [6.45, 7) is 7.53. The highest BCUT2D eigenvalue weighted by atomic mass is 16.5. The topological polar surface area (TPSA) is 65.7 Å². The molecule has 0 unspecified atom stereocenters. The number of hydrogen-bond acceptors (Lipinski definition) is 5. The Bertz CT molecular complexity index is 960. The SMILES string of the molecule is C/C(=C\COc1ccc2c(C)cc(=O)oc2c1)C1=CC(=O)C(C)(C)O1. The molecule has 0 saturated heterocycles. The van der Waals surface area contributed by atoms with E-state index < -0.39 is 5.60 Å². The second kappa shape index (κ2) is 6.24. The number of ketones is 1. The Labute approximate surface area is 145 Å². The molecule has 1 aliphatic heterocycles. The van der Waals surface area contributed by atoms with E-state index in [0.717, 1.165) is 16.5 Å². The minimum absolute atomic E-state index is 0.0453. The summed E-state index contributed by atoms with van der Waals surface area (Å²) in [5, 5.41) is 0.879. The lowest BCUT2D eigenvalue weighted by Gasteiger charge is -2.18. The smallest absolute Gasteiger partial charge is 0.336 e. The first-order valence-electron chi connectivity index (χ1n) is 8.06. The van der Waals surface area contributed by atoms with Crippen LogP contribution in [0.1, 0.15) is 26.3 Å². The van der Waals surface area contributed by atoms with Gasteiger partial charge >= 0.3 is 5.63 Å². The Morgan fingerprint density at radius 3 is 2.68 bits per heavy atom. The molecule has 130 valence electrons. The number of fused-ring (bicyclic) bond motifs is 1. The molecule has 0 amide bonds. The van der Waals surface area contributed by atoms with E-state index in [1.165, 1.54) is 12.1 Å². The quantitative estimate of drug-likeness (QED) is 0.794. The van der Waals surface area contributed by atoms with Gasteiger partial charge in [-0.3, -0.25) is 4.79 Å². The first-order valence-corrected chi connectivity index (χ1v) is 8.06. The van der Waals surface area contributed by atoms with Crippen LogP contribution in [0.4, 0.5) is 0 Å². The third-order valence-electron chi connectivity index (χ3n) is 4.17. The molecule has 0 aliphatic carbocycles. The molecule has 0 bridgehead atoms. The van der Waals surface area contributed by atoms with Crippen molar-refractivity contribution in [1.29, 1.82) is 0 Å².